The average Bonchev–Trinajstić information content (AvgIpc) is 3.11. The third-order valence-corrected chi connectivity index (χ3v) is 4.86. The number of carbonyl (C=O) groups is 2. The monoisotopic (exact) mass is 490 g/mol. The fourth-order valence-corrected chi connectivity index (χ4v) is 3.34. The molecule has 0 saturated carbocycles. The number of furan rings is 1. The van der Waals surface area contributed by atoms with Gasteiger partial charge in [0.05, 0.1) is 11.3 Å². The highest BCUT2D eigenvalue weighted by atomic mass is 79.9. The van der Waals surface area contributed by atoms with Gasteiger partial charge in [-0.2, -0.15) is 0 Å². The molecular weight excluding hydrogens is 476 g/mol. The number of benzene rings is 2. The summed E-state index contributed by atoms with van der Waals surface area (Å²) < 4.78 is 6.75. The van der Waals surface area contributed by atoms with Gasteiger partial charge in [0.15, 0.2) is 10.4 Å². The van der Waals surface area contributed by atoms with E-state index in [2.05, 4.69) is 37.2 Å². The van der Waals surface area contributed by atoms with Crippen LogP contribution in [0.15, 0.2) is 74.2 Å². The summed E-state index contributed by atoms with van der Waals surface area (Å²) in [5.74, 6) is -0.410. The van der Waals surface area contributed by atoms with Gasteiger partial charge in [0, 0.05) is 18.1 Å². The van der Waals surface area contributed by atoms with Crippen LogP contribution in [0.25, 0.3) is 0 Å². The molecule has 2 aromatic carbocycles. The molecule has 0 fully saturated rings. The minimum absolute atomic E-state index is 0.189. The van der Waals surface area contributed by atoms with E-state index in [9.17, 15) is 9.59 Å². The Morgan fingerprint density at radius 1 is 1.04 bits per heavy atom. The molecule has 0 aliphatic carbocycles. The summed E-state index contributed by atoms with van der Waals surface area (Å²) in [5.41, 5.74) is 1.89. The van der Waals surface area contributed by atoms with Crippen LogP contribution in [0.5, 0.6) is 0 Å². The number of nitrogens with one attached hydrogen (secondary N) is 1. The lowest BCUT2D eigenvalue weighted by molar-refractivity contribution is 0.0951. The molecule has 3 rings (SSSR count). The smallest absolute Gasteiger partial charge is 0.293 e. The molecule has 3 aromatic rings. The molecule has 0 radical (unpaired) electrons. The van der Waals surface area contributed by atoms with E-state index in [1.807, 2.05) is 24.3 Å². The van der Waals surface area contributed by atoms with E-state index in [1.165, 1.54) is 4.90 Å². The van der Waals surface area contributed by atoms with Crippen molar-refractivity contribution >= 4 is 49.4 Å². The summed E-state index contributed by atoms with van der Waals surface area (Å²) >= 11 is 6.60. The van der Waals surface area contributed by atoms with Gasteiger partial charge in [-0.3, -0.25) is 9.59 Å². The molecule has 0 spiro atoms. The van der Waals surface area contributed by atoms with Crippen molar-refractivity contribution in [3.8, 4) is 0 Å². The van der Waals surface area contributed by atoms with Gasteiger partial charge in [-0.25, -0.2) is 0 Å². The lowest BCUT2D eigenvalue weighted by Gasteiger charge is -2.19. The van der Waals surface area contributed by atoms with Crippen molar-refractivity contribution in [1.82, 2.24) is 5.32 Å². The van der Waals surface area contributed by atoms with Gasteiger partial charge in [-0.1, -0.05) is 40.2 Å². The fourth-order valence-electron chi connectivity index (χ4n) is 2.59. The number of carbonyl (C=O) groups excluding carboxylic acids is 2. The number of halogens is 2. The summed E-state index contributed by atoms with van der Waals surface area (Å²) in [6.07, 6.45) is 0. The third kappa shape index (κ3) is 4.67. The highest BCUT2D eigenvalue weighted by molar-refractivity contribution is 9.10. The van der Waals surface area contributed by atoms with Crippen LogP contribution < -0.4 is 10.2 Å². The molecule has 27 heavy (non-hydrogen) atoms. The maximum Gasteiger partial charge on any atom is 0.293 e. The van der Waals surface area contributed by atoms with E-state index in [0.29, 0.717) is 22.5 Å². The standard InChI is InChI=1S/C20H16Br2N2O3/c1-24(20(26)17-9-10-18(22)27-17)16-8-3-2-7-15(16)19(25)23-12-13-5-4-6-14(21)11-13/h2-11H,12H2,1H3,(H,23,25). The molecule has 0 aliphatic heterocycles. The minimum Gasteiger partial charge on any atom is -0.444 e. The zero-order valence-corrected chi connectivity index (χ0v) is 17.6. The van der Waals surface area contributed by atoms with E-state index < -0.39 is 0 Å². The normalized spacial score (nSPS) is 10.5. The molecular formula is C20H16Br2N2O3. The van der Waals surface area contributed by atoms with Crippen molar-refractivity contribution in [2.75, 3.05) is 11.9 Å². The van der Waals surface area contributed by atoms with Crippen LogP contribution in [0.4, 0.5) is 5.69 Å². The van der Waals surface area contributed by atoms with Gasteiger partial charge in [0.1, 0.15) is 0 Å². The average molecular weight is 492 g/mol. The van der Waals surface area contributed by atoms with Crippen molar-refractivity contribution in [2.45, 2.75) is 6.54 Å². The number of hydrogen-bond acceptors (Lipinski definition) is 3. The van der Waals surface area contributed by atoms with Crippen LogP contribution in [0.2, 0.25) is 0 Å². The first-order valence-corrected chi connectivity index (χ1v) is 9.69. The van der Waals surface area contributed by atoms with Gasteiger partial charge in [0.25, 0.3) is 11.8 Å². The van der Waals surface area contributed by atoms with Crippen LogP contribution in [0.3, 0.4) is 0 Å². The predicted molar refractivity (Wildman–Crippen MR) is 111 cm³/mol. The van der Waals surface area contributed by atoms with E-state index in [4.69, 9.17) is 4.42 Å². The van der Waals surface area contributed by atoms with Crippen LogP contribution in [0, 0.1) is 0 Å². The molecule has 0 atom stereocenters. The third-order valence-electron chi connectivity index (χ3n) is 3.94. The Kier molecular flexibility index (Phi) is 6.13. The Hall–Kier alpha value is -2.38. The number of rotatable bonds is 5. The van der Waals surface area contributed by atoms with Gasteiger partial charge >= 0.3 is 0 Å². The SMILES string of the molecule is CN(C(=O)c1ccc(Br)o1)c1ccccc1C(=O)NCc1cccc(Br)c1. The van der Waals surface area contributed by atoms with E-state index in [-0.39, 0.29) is 17.6 Å². The lowest BCUT2D eigenvalue weighted by Crippen LogP contribution is -2.30. The van der Waals surface area contributed by atoms with Crippen molar-refractivity contribution in [3.05, 3.63) is 86.7 Å². The van der Waals surface area contributed by atoms with Gasteiger partial charge in [-0.15, -0.1) is 0 Å². The molecule has 5 nitrogen and oxygen atoms in total. The number of amides is 2. The second kappa shape index (κ2) is 8.54. The van der Waals surface area contributed by atoms with E-state index in [0.717, 1.165) is 10.0 Å². The predicted octanol–water partition coefficient (Wildman–Crippen LogP) is 5.01. The zero-order chi connectivity index (χ0) is 19.4. The second-order valence-corrected chi connectivity index (χ2v) is 7.49. The van der Waals surface area contributed by atoms with Crippen LogP contribution in [-0.2, 0) is 6.54 Å². The van der Waals surface area contributed by atoms with Gasteiger partial charge in [-0.05, 0) is 57.9 Å². The molecule has 138 valence electrons. The molecule has 0 aliphatic rings. The van der Waals surface area contributed by atoms with Crippen LogP contribution in [-0.4, -0.2) is 18.9 Å². The Balaban J connectivity index is 1.78. The molecule has 2 amide bonds. The summed E-state index contributed by atoms with van der Waals surface area (Å²) in [6.45, 7) is 0.384. The number of anilines is 1. The topological polar surface area (TPSA) is 62.6 Å². The Morgan fingerprint density at radius 2 is 1.81 bits per heavy atom. The second-order valence-electron chi connectivity index (χ2n) is 5.80. The van der Waals surface area contributed by atoms with Crippen LogP contribution >= 0.6 is 31.9 Å². The van der Waals surface area contributed by atoms with Gasteiger partial charge in [0.2, 0.25) is 0 Å². The quantitative estimate of drug-likeness (QED) is 0.545. The highest BCUT2D eigenvalue weighted by Crippen LogP contribution is 2.23. The molecule has 0 unspecified atom stereocenters. The number of para-hydroxylation sites is 1. The fraction of sp³-hybridized carbons (Fsp3) is 0.100. The Bertz CT molecular complexity index is 985. The van der Waals surface area contributed by atoms with Crippen molar-refractivity contribution in [3.63, 3.8) is 0 Å². The molecule has 0 saturated heterocycles. The maximum absolute atomic E-state index is 12.7. The van der Waals surface area contributed by atoms with Crippen LogP contribution in [0.1, 0.15) is 26.5 Å². The summed E-state index contributed by atoms with van der Waals surface area (Å²) in [4.78, 5) is 26.7. The summed E-state index contributed by atoms with van der Waals surface area (Å²) in [7, 11) is 1.61. The number of hydrogen-bond donors (Lipinski definition) is 1. The highest BCUT2D eigenvalue weighted by Gasteiger charge is 2.21. The lowest BCUT2D eigenvalue weighted by atomic mass is 10.1. The van der Waals surface area contributed by atoms with Crippen molar-refractivity contribution < 1.29 is 14.0 Å². The Labute approximate surface area is 173 Å². The summed E-state index contributed by atoms with van der Waals surface area (Å²) in [5, 5.41) is 2.89. The molecule has 1 aromatic heterocycles. The molecule has 1 heterocycles. The van der Waals surface area contributed by atoms with Gasteiger partial charge < -0.3 is 14.6 Å². The molecule has 1 N–H and O–H groups in total. The van der Waals surface area contributed by atoms with E-state index in [1.54, 1.807) is 43.4 Å². The maximum atomic E-state index is 12.7. The first-order chi connectivity index (χ1) is 13.0. The van der Waals surface area contributed by atoms with Crippen molar-refractivity contribution in [2.24, 2.45) is 0 Å². The minimum atomic E-state index is -0.340. The molecule has 7 heteroatoms. The summed E-state index contributed by atoms with van der Waals surface area (Å²) in [6, 6.07) is 17.9. The first kappa shape index (κ1) is 19.4. The van der Waals surface area contributed by atoms with E-state index >= 15 is 0 Å². The van der Waals surface area contributed by atoms with Crippen molar-refractivity contribution in [1.29, 1.82) is 0 Å². The molecule has 0 bridgehead atoms. The number of nitrogens with zero attached hydrogens (tertiary/aromatic N) is 1. The first-order valence-electron chi connectivity index (χ1n) is 8.11. The largest absolute Gasteiger partial charge is 0.444 e. The zero-order valence-electron chi connectivity index (χ0n) is 14.4. The Morgan fingerprint density at radius 3 is 2.52 bits per heavy atom.